The highest BCUT2D eigenvalue weighted by Gasteiger charge is 2.08. The molecule has 1 N–H and O–H groups in total. The van der Waals surface area contributed by atoms with Gasteiger partial charge in [0.05, 0.1) is 6.42 Å². The number of hydrogen-bond acceptors (Lipinski definition) is 2. The summed E-state index contributed by atoms with van der Waals surface area (Å²) < 4.78 is 28.5. The summed E-state index contributed by atoms with van der Waals surface area (Å²) in [7, 11) is 0. The maximum atomic E-state index is 12.2. The molecular formula is C19H15F2NO2. The largest absolute Gasteiger partial charge is 0.435 e. The number of fused-ring (bicyclic) bond motifs is 1. The number of hydrogen-bond donors (Lipinski definition) is 1. The minimum Gasteiger partial charge on any atom is -0.435 e. The predicted molar refractivity (Wildman–Crippen MR) is 89.4 cm³/mol. The fourth-order valence-corrected chi connectivity index (χ4v) is 2.54. The normalized spacial score (nSPS) is 10.8. The van der Waals surface area contributed by atoms with Crippen molar-refractivity contribution in [1.82, 2.24) is 0 Å². The Morgan fingerprint density at radius 3 is 2.42 bits per heavy atom. The molecule has 0 saturated carbocycles. The number of nitrogens with one attached hydrogen (secondary N) is 1. The van der Waals surface area contributed by atoms with Crippen LogP contribution in [-0.4, -0.2) is 12.5 Å². The molecule has 0 atom stereocenters. The molecule has 0 radical (unpaired) electrons. The summed E-state index contributed by atoms with van der Waals surface area (Å²) in [6, 6.07) is 19.5. The van der Waals surface area contributed by atoms with E-state index < -0.39 is 6.61 Å². The van der Waals surface area contributed by atoms with E-state index in [1.54, 1.807) is 0 Å². The van der Waals surface area contributed by atoms with Gasteiger partial charge in [0.1, 0.15) is 5.75 Å². The van der Waals surface area contributed by atoms with E-state index in [1.807, 2.05) is 42.5 Å². The average molecular weight is 327 g/mol. The fraction of sp³-hybridized carbons (Fsp3) is 0.105. The van der Waals surface area contributed by atoms with Crippen molar-refractivity contribution in [3.63, 3.8) is 0 Å². The van der Waals surface area contributed by atoms with E-state index in [0.717, 1.165) is 16.3 Å². The first-order valence-electron chi connectivity index (χ1n) is 7.43. The topological polar surface area (TPSA) is 38.3 Å². The van der Waals surface area contributed by atoms with Crippen molar-refractivity contribution in [3.05, 3.63) is 72.3 Å². The molecule has 5 heteroatoms. The van der Waals surface area contributed by atoms with Gasteiger partial charge >= 0.3 is 6.61 Å². The smallest absolute Gasteiger partial charge is 0.387 e. The lowest BCUT2D eigenvalue weighted by atomic mass is 10.0. The van der Waals surface area contributed by atoms with E-state index in [1.165, 1.54) is 24.3 Å². The Kier molecular flexibility index (Phi) is 4.70. The molecule has 1 amide bonds. The van der Waals surface area contributed by atoms with E-state index in [-0.39, 0.29) is 18.1 Å². The van der Waals surface area contributed by atoms with Gasteiger partial charge in [0, 0.05) is 5.69 Å². The highest BCUT2D eigenvalue weighted by atomic mass is 19.3. The summed E-state index contributed by atoms with van der Waals surface area (Å²) in [5, 5.41) is 4.87. The first-order chi connectivity index (χ1) is 11.6. The van der Waals surface area contributed by atoms with Gasteiger partial charge in [-0.15, -0.1) is 0 Å². The average Bonchev–Trinajstić information content (AvgIpc) is 2.56. The zero-order valence-electron chi connectivity index (χ0n) is 12.7. The highest BCUT2D eigenvalue weighted by molar-refractivity contribution is 5.96. The van der Waals surface area contributed by atoms with Crippen molar-refractivity contribution in [2.45, 2.75) is 13.0 Å². The third-order valence-corrected chi connectivity index (χ3v) is 3.59. The molecule has 0 aliphatic heterocycles. The van der Waals surface area contributed by atoms with Crippen LogP contribution < -0.4 is 10.1 Å². The SMILES string of the molecule is O=C(Cc1cccc2ccccc12)Nc1ccc(OC(F)F)cc1. The van der Waals surface area contributed by atoms with Crippen LogP contribution in [0.5, 0.6) is 5.75 Å². The van der Waals surface area contributed by atoms with E-state index in [9.17, 15) is 13.6 Å². The lowest BCUT2D eigenvalue weighted by Gasteiger charge is -2.09. The Morgan fingerprint density at radius 2 is 1.67 bits per heavy atom. The molecule has 3 aromatic rings. The van der Waals surface area contributed by atoms with Gasteiger partial charge < -0.3 is 10.1 Å². The van der Waals surface area contributed by atoms with E-state index in [4.69, 9.17) is 0 Å². The van der Waals surface area contributed by atoms with E-state index in [0.29, 0.717) is 5.69 Å². The molecule has 3 rings (SSSR count). The number of alkyl halides is 2. The minimum absolute atomic E-state index is 0.0528. The molecule has 0 heterocycles. The Morgan fingerprint density at radius 1 is 0.958 bits per heavy atom. The van der Waals surface area contributed by atoms with Crippen LogP contribution in [0.2, 0.25) is 0 Å². The van der Waals surface area contributed by atoms with Crippen molar-refractivity contribution >= 4 is 22.4 Å². The number of carbonyl (C=O) groups is 1. The zero-order valence-corrected chi connectivity index (χ0v) is 12.7. The molecular weight excluding hydrogens is 312 g/mol. The molecule has 3 aromatic carbocycles. The summed E-state index contributed by atoms with van der Waals surface area (Å²) in [6.07, 6.45) is 0.233. The van der Waals surface area contributed by atoms with E-state index in [2.05, 4.69) is 10.1 Å². The van der Waals surface area contributed by atoms with E-state index >= 15 is 0 Å². The van der Waals surface area contributed by atoms with Gasteiger partial charge in [0.25, 0.3) is 0 Å². The monoisotopic (exact) mass is 327 g/mol. The number of carbonyl (C=O) groups excluding carboxylic acids is 1. The molecule has 0 bridgehead atoms. The number of benzene rings is 3. The van der Waals surface area contributed by atoms with Gasteiger partial charge in [-0.1, -0.05) is 42.5 Å². The summed E-state index contributed by atoms with van der Waals surface area (Å²) >= 11 is 0. The second-order valence-electron chi connectivity index (χ2n) is 5.27. The van der Waals surface area contributed by atoms with Crippen molar-refractivity contribution < 1.29 is 18.3 Å². The number of ether oxygens (including phenoxy) is 1. The number of amides is 1. The molecule has 0 fully saturated rings. The maximum absolute atomic E-state index is 12.2. The van der Waals surface area contributed by atoms with Gasteiger partial charge in [-0.25, -0.2) is 0 Å². The highest BCUT2D eigenvalue weighted by Crippen LogP contribution is 2.20. The van der Waals surface area contributed by atoms with Gasteiger partial charge in [0.15, 0.2) is 0 Å². The predicted octanol–water partition coefficient (Wildman–Crippen LogP) is 4.62. The molecule has 0 spiro atoms. The van der Waals surface area contributed by atoms with Crippen LogP contribution in [-0.2, 0) is 11.2 Å². The maximum Gasteiger partial charge on any atom is 0.387 e. The van der Waals surface area contributed by atoms with Gasteiger partial charge in [0.2, 0.25) is 5.91 Å². The minimum atomic E-state index is -2.86. The second kappa shape index (κ2) is 7.08. The lowest BCUT2D eigenvalue weighted by molar-refractivity contribution is -0.115. The van der Waals surface area contributed by atoms with Crippen LogP contribution in [0.15, 0.2) is 66.7 Å². The lowest BCUT2D eigenvalue weighted by Crippen LogP contribution is -2.14. The number of rotatable bonds is 5. The summed E-state index contributed by atoms with van der Waals surface area (Å²) in [6.45, 7) is -2.86. The number of halogens is 2. The van der Waals surface area contributed by atoms with Crippen LogP contribution in [0.1, 0.15) is 5.56 Å². The van der Waals surface area contributed by atoms with Crippen LogP contribution in [0.4, 0.5) is 14.5 Å². The zero-order chi connectivity index (χ0) is 16.9. The Bertz CT molecular complexity index is 842. The van der Waals surface area contributed by atoms with Gasteiger partial charge in [-0.05, 0) is 40.6 Å². The number of anilines is 1. The summed E-state index contributed by atoms with van der Waals surface area (Å²) in [4.78, 5) is 12.2. The summed E-state index contributed by atoms with van der Waals surface area (Å²) in [5.74, 6) is -0.120. The molecule has 122 valence electrons. The van der Waals surface area contributed by atoms with Crippen molar-refractivity contribution in [3.8, 4) is 5.75 Å². The van der Waals surface area contributed by atoms with Crippen molar-refractivity contribution in [2.24, 2.45) is 0 Å². The summed E-state index contributed by atoms with van der Waals surface area (Å²) in [5.41, 5.74) is 1.46. The fourth-order valence-electron chi connectivity index (χ4n) is 2.54. The third-order valence-electron chi connectivity index (χ3n) is 3.59. The van der Waals surface area contributed by atoms with Gasteiger partial charge in [-0.2, -0.15) is 8.78 Å². The van der Waals surface area contributed by atoms with Crippen LogP contribution >= 0.6 is 0 Å². The standard InChI is InChI=1S/C19H15F2NO2/c20-19(21)24-16-10-8-15(9-11-16)22-18(23)12-14-6-3-5-13-4-1-2-7-17(13)14/h1-11,19H,12H2,(H,22,23). The second-order valence-corrected chi connectivity index (χ2v) is 5.27. The Balaban J connectivity index is 1.69. The van der Waals surface area contributed by atoms with Crippen LogP contribution in [0.25, 0.3) is 10.8 Å². The van der Waals surface area contributed by atoms with Crippen molar-refractivity contribution in [2.75, 3.05) is 5.32 Å². The molecule has 0 unspecified atom stereocenters. The molecule has 0 aliphatic rings. The Labute approximate surface area is 137 Å². The molecule has 0 aromatic heterocycles. The molecule has 24 heavy (non-hydrogen) atoms. The van der Waals surface area contributed by atoms with Gasteiger partial charge in [-0.3, -0.25) is 4.79 Å². The van der Waals surface area contributed by atoms with Crippen LogP contribution in [0.3, 0.4) is 0 Å². The first-order valence-corrected chi connectivity index (χ1v) is 7.43. The molecule has 0 saturated heterocycles. The quantitative estimate of drug-likeness (QED) is 0.742. The Hall–Kier alpha value is -2.95. The molecule has 0 aliphatic carbocycles. The first kappa shape index (κ1) is 15.9. The van der Waals surface area contributed by atoms with Crippen LogP contribution in [0, 0.1) is 0 Å². The third kappa shape index (κ3) is 3.87. The van der Waals surface area contributed by atoms with Crippen molar-refractivity contribution in [1.29, 1.82) is 0 Å². The molecule has 3 nitrogen and oxygen atoms in total.